The van der Waals surface area contributed by atoms with Crippen molar-refractivity contribution in [2.24, 2.45) is 0 Å². The Balaban J connectivity index is 1.92. The fourth-order valence-electron chi connectivity index (χ4n) is 1.88. The number of halogens is 1. The maximum atomic E-state index is 12.2. The second-order valence-corrected chi connectivity index (χ2v) is 4.80. The van der Waals surface area contributed by atoms with Crippen molar-refractivity contribution < 1.29 is 14.3 Å². The molecule has 1 aromatic carbocycles. The number of Topliss-reactive ketones (excluding diaryl/α,β-unsaturated/α-hetero) is 1. The second-order valence-electron chi connectivity index (χ2n) is 4.39. The lowest BCUT2D eigenvalue weighted by Gasteiger charge is -2.08. The molecule has 0 aliphatic rings. The summed E-state index contributed by atoms with van der Waals surface area (Å²) in [7, 11) is 1.60. The minimum Gasteiger partial charge on any atom is -0.493 e. The number of carbonyl (C=O) groups is 1. The molecule has 0 saturated carbocycles. The predicted octanol–water partition coefficient (Wildman–Crippen LogP) is 2.83. The highest BCUT2D eigenvalue weighted by Crippen LogP contribution is 2.17. The van der Waals surface area contributed by atoms with Crippen LogP contribution in [0.3, 0.4) is 0 Å². The molecular weight excluding hydrogens is 292 g/mol. The van der Waals surface area contributed by atoms with Crippen molar-refractivity contribution in [3.8, 4) is 5.75 Å². The van der Waals surface area contributed by atoms with Gasteiger partial charge in [-0.15, -0.1) is 0 Å². The molecule has 0 saturated heterocycles. The highest BCUT2D eigenvalue weighted by molar-refractivity contribution is 6.33. The summed E-state index contributed by atoms with van der Waals surface area (Å²) < 4.78 is 12.1. The van der Waals surface area contributed by atoms with Crippen LogP contribution < -0.4 is 4.74 Å². The molecule has 1 heterocycles. The van der Waals surface area contributed by atoms with Gasteiger partial charge in [-0.25, -0.2) is 0 Å². The van der Waals surface area contributed by atoms with Crippen LogP contribution >= 0.6 is 11.6 Å². The molecule has 6 heteroatoms. The largest absolute Gasteiger partial charge is 0.493 e. The third-order valence-electron chi connectivity index (χ3n) is 2.91. The topological polar surface area (TPSA) is 53.4 Å². The van der Waals surface area contributed by atoms with Crippen LogP contribution in [0, 0.1) is 0 Å². The minimum atomic E-state index is -0.0930. The molecule has 0 atom stereocenters. The molecule has 0 fully saturated rings. The molecule has 0 unspecified atom stereocenters. The molecule has 2 aromatic rings. The van der Waals surface area contributed by atoms with Gasteiger partial charge in [-0.3, -0.25) is 9.48 Å². The first-order chi connectivity index (χ1) is 10.2. The summed E-state index contributed by atoms with van der Waals surface area (Å²) >= 11 is 6.03. The predicted molar refractivity (Wildman–Crippen MR) is 80.0 cm³/mol. The molecule has 21 heavy (non-hydrogen) atoms. The second kappa shape index (κ2) is 7.81. The Morgan fingerprint density at radius 2 is 2.05 bits per heavy atom. The summed E-state index contributed by atoms with van der Waals surface area (Å²) in [5.41, 5.74) is 0.408. The third kappa shape index (κ3) is 4.31. The van der Waals surface area contributed by atoms with Gasteiger partial charge in [0.25, 0.3) is 0 Å². The number of rotatable bonds is 8. The highest BCUT2D eigenvalue weighted by Gasteiger charge is 2.17. The van der Waals surface area contributed by atoms with E-state index in [0.29, 0.717) is 30.5 Å². The van der Waals surface area contributed by atoms with Crippen LogP contribution in [0.5, 0.6) is 5.75 Å². The molecule has 0 amide bonds. The van der Waals surface area contributed by atoms with Crippen molar-refractivity contribution in [1.82, 2.24) is 9.78 Å². The molecule has 1 aromatic heterocycles. The summed E-state index contributed by atoms with van der Waals surface area (Å²) in [6, 6.07) is 9.37. The van der Waals surface area contributed by atoms with Crippen molar-refractivity contribution in [1.29, 1.82) is 0 Å². The van der Waals surface area contributed by atoms with E-state index in [1.54, 1.807) is 11.8 Å². The zero-order valence-electron chi connectivity index (χ0n) is 11.8. The molecule has 112 valence electrons. The molecular formula is C15H17ClN2O3. The molecule has 0 aliphatic heterocycles. The number of carbonyl (C=O) groups excluding carboxylic acids is 1. The number of benzene rings is 1. The molecule has 2 rings (SSSR count). The Morgan fingerprint density at radius 3 is 2.76 bits per heavy atom. The van der Waals surface area contributed by atoms with E-state index in [4.69, 9.17) is 21.1 Å². The monoisotopic (exact) mass is 308 g/mol. The zero-order chi connectivity index (χ0) is 15.1. The van der Waals surface area contributed by atoms with Gasteiger partial charge in [0, 0.05) is 13.5 Å². The number of hydrogen-bond acceptors (Lipinski definition) is 4. The molecule has 0 N–H and O–H groups in total. The maximum absolute atomic E-state index is 12.2. The fraction of sp³-hybridized carbons (Fsp3) is 0.333. The number of hydrogen-bond donors (Lipinski definition) is 0. The number of para-hydroxylation sites is 1. The van der Waals surface area contributed by atoms with Gasteiger partial charge in [0.2, 0.25) is 0 Å². The van der Waals surface area contributed by atoms with Crippen LogP contribution in [0.4, 0.5) is 0 Å². The van der Waals surface area contributed by atoms with E-state index in [1.807, 2.05) is 30.3 Å². The van der Waals surface area contributed by atoms with Crippen LogP contribution in [0.15, 0.2) is 36.5 Å². The lowest BCUT2D eigenvalue weighted by Crippen LogP contribution is -2.16. The average Bonchev–Trinajstić information content (AvgIpc) is 2.87. The minimum absolute atomic E-state index is 0.0930. The van der Waals surface area contributed by atoms with Crippen molar-refractivity contribution in [3.05, 3.63) is 47.2 Å². The number of methoxy groups -OCH3 is 1. The first kappa shape index (κ1) is 15.5. The first-order valence-electron chi connectivity index (χ1n) is 6.63. The van der Waals surface area contributed by atoms with E-state index in [1.165, 1.54) is 6.20 Å². The Hall–Kier alpha value is -1.85. The van der Waals surface area contributed by atoms with Crippen LogP contribution in [-0.2, 0) is 11.3 Å². The zero-order valence-corrected chi connectivity index (χ0v) is 12.5. The molecule has 0 radical (unpaired) electrons. The van der Waals surface area contributed by atoms with E-state index >= 15 is 0 Å². The average molecular weight is 309 g/mol. The van der Waals surface area contributed by atoms with E-state index in [-0.39, 0.29) is 12.2 Å². The number of nitrogens with zero attached hydrogens (tertiary/aromatic N) is 2. The summed E-state index contributed by atoms with van der Waals surface area (Å²) in [6.07, 6.45) is 1.72. The standard InChI is InChI=1S/C15H17ClN2O3/c1-20-10-8-18-15(13(16)11-17-18)14(19)7-9-21-12-5-3-2-4-6-12/h2-6,11H,7-10H2,1H3. The lowest BCUT2D eigenvalue weighted by atomic mass is 10.2. The number of ether oxygens (including phenoxy) is 2. The summed E-state index contributed by atoms with van der Waals surface area (Å²) in [4.78, 5) is 12.2. The van der Waals surface area contributed by atoms with Crippen molar-refractivity contribution in [2.75, 3.05) is 20.3 Å². The van der Waals surface area contributed by atoms with Gasteiger partial charge in [-0.1, -0.05) is 29.8 Å². The van der Waals surface area contributed by atoms with Crippen LogP contribution in [0.2, 0.25) is 5.02 Å². The van der Waals surface area contributed by atoms with Crippen LogP contribution in [0.25, 0.3) is 0 Å². The Morgan fingerprint density at radius 1 is 1.29 bits per heavy atom. The molecule has 5 nitrogen and oxygen atoms in total. The highest BCUT2D eigenvalue weighted by atomic mass is 35.5. The van der Waals surface area contributed by atoms with Crippen LogP contribution in [0.1, 0.15) is 16.9 Å². The van der Waals surface area contributed by atoms with Crippen molar-refractivity contribution >= 4 is 17.4 Å². The fourth-order valence-corrected chi connectivity index (χ4v) is 2.13. The molecule has 0 bridgehead atoms. The van der Waals surface area contributed by atoms with Crippen molar-refractivity contribution in [3.63, 3.8) is 0 Å². The van der Waals surface area contributed by atoms with E-state index in [2.05, 4.69) is 5.10 Å². The smallest absolute Gasteiger partial charge is 0.185 e. The maximum Gasteiger partial charge on any atom is 0.185 e. The third-order valence-corrected chi connectivity index (χ3v) is 3.18. The van der Waals surface area contributed by atoms with Gasteiger partial charge in [-0.05, 0) is 12.1 Å². The van der Waals surface area contributed by atoms with E-state index in [9.17, 15) is 4.79 Å². The first-order valence-corrected chi connectivity index (χ1v) is 7.01. The van der Waals surface area contributed by atoms with Crippen LogP contribution in [-0.4, -0.2) is 35.9 Å². The van der Waals surface area contributed by atoms with Gasteiger partial charge in [0.1, 0.15) is 11.4 Å². The van der Waals surface area contributed by atoms with Gasteiger partial charge >= 0.3 is 0 Å². The quantitative estimate of drug-likeness (QED) is 0.704. The van der Waals surface area contributed by atoms with Crippen molar-refractivity contribution in [2.45, 2.75) is 13.0 Å². The SMILES string of the molecule is COCCn1ncc(Cl)c1C(=O)CCOc1ccccc1. The van der Waals surface area contributed by atoms with Gasteiger partial charge in [-0.2, -0.15) is 5.10 Å². The van der Waals surface area contributed by atoms with Gasteiger partial charge in [0.15, 0.2) is 5.78 Å². The summed E-state index contributed by atoms with van der Waals surface area (Å²) in [6.45, 7) is 1.26. The van der Waals surface area contributed by atoms with E-state index < -0.39 is 0 Å². The number of aromatic nitrogens is 2. The molecule has 0 spiro atoms. The lowest BCUT2D eigenvalue weighted by molar-refractivity contribution is 0.0948. The Bertz CT molecular complexity index is 584. The van der Waals surface area contributed by atoms with E-state index in [0.717, 1.165) is 5.75 Å². The Kier molecular flexibility index (Phi) is 5.78. The van der Waals surface area contributed by atoms with Gasteiger partial charge < -0.3 is 9.47 Å². The summed E-state index contributed by atoms with van der Waals surface area (Å²) in [5.74, 6) is 0.647. The summed E-state index contributed by atoms with van der Waals surface area (Å²) in [5, 5.41) is 4.44. The normalized spacial score (nSPS) is 10.6. The number of ketones is 1. The Labute approximate surface area is 128 Å². The molecule has 0 aliphatic carbocycles. The van der Waals surface area contributed by atoms with Gasteiger partial charge in [0.05, 0.1) is 31.0 Å².